The molecule has 3 heteroatoms. The summed E-state index contributed by atoms with van der Waals surface area (Å²) in [4.78, 5) is 0. The highest BCUT2D eigenvalue weighted by atomic mass is 35.9. The van der Waals surface area contributed by atoms with E-state index in [-0.39, 0.29) is 0 Å². The van der Waals surface area contributed by atoms with Crippen molar-refractivity contribution in [3.05, 3.63) is 35.4 Å². The van der Waals surface area contributed by atoms with Crippen LogP contribution >= 0.6 is 28.4 Å². The van der Waals surface area contributed by atoms with E-state index in [0.717, 1.165) is 6.16 Å². The smallest absolute Gasteiger partial charge is 0.0587 e. The van der Waals surface area contributed by atoms with Crippen LogP contribution in [0.2, 0.25) is 0 Å². The lowest BCUT2D eigenvalue weighted by Gasteiger charge is -2.07. The lowest BCUT2D eigenvalue weighted by molar-refractivity contribution is 0.866. The van der Waals surface area contributed by atoms with Gasteiger partial charge in [0.25, 0.3) is 0 Å². The Morgan fingerprint density at radius 3 is 2.00 bits per heavy atom. The second kappa shape index (κ2) is 4.84. The van der Waals surface area contributed by atoms with Crippen LogP contribution in [-0.4, -0.2) is 6.66 Å². The van der Waals surface area contributed by atoms with Crippen LogP contribution in [-0.2, 0) is 6.16 Å². The molecule has 1 aromatic rings. The molecular weight excluding hydrogens is 234 g/mol. The van der Waals surface area contributed by atoms with Crippen molar-refractivity contribution in [2.75, 3.05) is 6.66 Å². The van der Waals surface area contributed by atoms with E-state index in [9.17, 15) is 0 Å². The molecule has 0 heterocycles. The first-order valence-corrected chi connectivity index (χ1v) is 8.95. The molecule has 0 nitrogen and oxygen atoms in total. The molecule has 0 saturated carbocycles. The van der Waals surface area contributed by atoms with Gasteiger partial charge in [0.1, 0.15) is 28.6 Å². The van der Waals surface area contributed by atoms with Gasteiger partial charge in [-0.1, -0.05) is 38.1 Å². The van der Waals surface area contributed by atoms with Crippen molar-refractivity contribution in [1.82, 2.24) is 0 Å². The molecule has 1 rings (SSSR count). The molecule has 0 fully saturated rings. The molecule has 0 aliphatic carbocycles. The summed E-state index contributed by atoms with van der Waals surface area (Å²) in [6.45, 7) is 6.30. The summed E-state index contributed by atoms with van der Waals surface area (Å²) in [6, 6.07) is 8.56. The van der Waals surface area contributed by atoms with E-state index in [4.69, 9.17) is 22.5 Å². The standard InChI is InChI=1S/C11H16Cl2P/c1-9(2)11-6-4-10(5-7-11)8-14(3,12)13/h4-7,9H,8H2,1-3H3/q+1. The largest absolute Gasteiger partial charge is 0.213 e. The highest BCUT2D eigenvalue weighted by Crippen LogP contribution is 2.67. The fraction of sp³-hybridized carbons (Fsp3) is 0.455. The van der Waals surface area contributed by atoms with Gasteiger partial charge in [-0.25, -0.2) is 0 Å². The Hall–Kier alpha value is 0.230. The Labute approximate surface area is 96.5 Å². The molecule has 0 aliphatic rings. The predicted octanol–water partition coefficient (Wildman–Crippen LogP) is 5.27. The van der Waals surface area contributed by atoms with E-state index in [1.807, 2.05) is 6.66 Å². The van der Waals surface area contributed by atoms with Gasteiger partial charge < -0.3 is 0 Å². The minimum absolute atomic E-state index is 0.581. The zero-order chi connectivity index (χ0) is 10.8. The topological polar surface area (TPSA) is 0 Å². The number of hydrogen-bond donors (Lipinski definition) is 0. The maximum Gasteiger partial charge on any atom is 0.213 e. The van der Waals surface area contributed by atoms with E-state index in [1.165, 1.54) is 11.1 Å². The van der Waals surface area contributed by atoms with Gasteiger partial charge in [0.2, 0.25) is 5.97 Å². The van der Waals surface area contributed by atoms with Gasteiger partial charge in [-0.15, -0.1) is 0 Å². The summed E-state index contributed by atoms with van der Waals surface area (Å²) in [5.74, 6) is -1.15. The highest BCUT2D eigenvalue weighted by Gasteiger charge is 2.27. The Morgan fingerprint density at radius 1 is 1.14 bits per heavy atom. The maximum absolute atomic E-state index is 6.05. The Bertz CT molecular complexity index is 285. The monoisotopic (exact) mass is 249 g/mol. The highest BCUT2D eigenvalue weighted by molar-refractivity contribution is 8.16. The lowest BCUT2D eigenvalue weighted by atomic mass is 10.0. The van der Waals surface area contributed by atoms with Gasteiger partial charge in [0.15, 0.2) is 0 Å². The van der Waals surface area contributed by atoms with Crippen molar-refractivity contribution in [1.29, 1.82) is 0 Å². The zero-order valence-corrected chi connectivity index (χ0v) is 11.2. The number of rotatable bonds is 3. The Kier molecular flexibility index (Phi) is 4.25. The van der Waals surface area contributed by atoms with Gasteiger partial charge in [-0.3, -0.25) is 0 Å². The number of hydrogen-bond acceptors (Lipinski definition) is 0. The van der Waals surface area contributed by atoms with Crippen LogP contribution in [0.15, 0.2) is 24.3 Å². The summed E-state index contributed by atoms with van der Waals surface area (Å²) in [5.41, 5.74) is 2.59. The van der Waals surface area contributed by atoms with E-state index >= 15 is 0 Å². The maximum atomic E-state index is 6.05. The first kappa shape index (κ1) is 12.3. The fourth-order valence-electron chi connectivity index (χ4n) is 1.33. The summed E-state index contributed by atoms with van der Waals surface area (Å²) in [7, 11) is 0. The third kappa shape index (κ3) is 4.17. The van der Waals surface area contributed by atoms with Crippen molar-refractivity contribution >= 4 is 28.4 Å². The zero-order valence-electron chi connectivity index (χ0n) is 8.80. The van der Waals surface area contributed by atoms with E-state index in [0.29, 0.717) is 5.92 Å². The van der Waals surface area contributed by atoms with Crippen molar-refractivity contribution in [3.63, 3.8) is 0 Å². The molecule has 0 saturated heterocycles. The number of halogens is 2. The summed E-state index contributed by atoms with van der Waals surface area (Å²) < 4.78 is 0. The third-order valence-corrected chi connectivity index (χ3v) is 3.74. The second-order valence-corrected chi connectivity index (χ2v) is 11.2. The second-order valence-electron chi connectivity index (χ2n) is 4.01. The van der Waals surface area contributed by atoms with Crippen molar-refractivity contribution < 1.29 is 0 Å². The van der Waals surface area contributed by atoms with Gasteiger partial charge >= 0.3 is 0 Å². The molecule has 0 unspecified atom stereocenters. The summed E-state index contributed by atoms with van der Waals surface area (Å²) in [6.07, 6.45) is 0.800. The molecule has 0 amide bonds. The molecule has 0 N–H and O–H groups in total. The third-order valence-electron chi connectivity index (χ3n) is 2.11. The van der Waals surface area contributed by atoms with E-state index in [1.54, 1.807) is 0 Å². The molecule has 0 atom stereocenters. The van der Waals surface area contributed by atoms with E-state index in [2.05, 4.69) is 38.1 Å². The van der Waals surface area contributed by atoms with Gasteiger partial charge in [0.05, 0.1) is 6.66 Å². The van der Waals surface area contributed by atoms with Crippen LogP contribution in [0.3, 0.4) is 0 Å². The minimum Gasteiger partial charge on any atom is -0.0587 e. The van der Waals surface area contributed by atoms with E-state index < -0.39 is 5.97 Å². The van der Waals surface area contributed by atoms with Gasteiger partial charge in [-0.05, 0) is 17.0 Å². The Balaban J connectivity index is 2.74. The normalized spacial score (nSPS) is 12.1. The van der Waals surface area contributed by atoms with Crippen LogP contribution in [0.4, 0.5) is 0 Å². The van der Waals surface area contributed by atoms with Crippen LogP contribution in [0, 0.1) is 0 Å². The SMILES string of the molecule is CC(C)c1ccc(C[P+](C)(Cl)Cl)cc1. The van der Waals surface area contributed by atoms with Crippen LogP contribution in [0.5, 0.6) is 0 Å². The summed E-state index contributed by atoms with van der Waals surface area (Å²) >= 11 is 12.1. The van der Waals surface area contributed by atoms with Gasteiger partial charge in [-0.2, -0.15) is 0 Å². The molecule has 78 valence electrons. The molecule has 0 bridgehead atoms. The first-order chi connectivity index (χ1) is 6.38. The van der Waals surface area contributed by atoms with Crippen LogP contribution in [0.1, 0.15) is 30.9 Å². The molecule has 0 aliphatic heterocycles. The predicted molar refractivity (Wildman–Crippen MR) is 68.8 cm³/mol. The quantitative estimate of drug-likeness (QED) is 0.641. The average Bonchev–Trinajstić information content (AvgIpc) is 2.02. The first-order valence-electron chi connectivity index (χ1n) is 4.72. The van der Waals surface area contributed by atoms with Crippen LogP contribution in [0.25, 0.3) is 0 Å². The molecule has 14 heavy (non-hydrogen) atoms. The van der Waals surface area contributed by atoms with Crippen molar-refractivity contribution in [2.24, 2.45) is 0 Å². The Morgan fingerprint density at radius 2 is 1.64 bits per heavy atom. The van der Waals surface area contributed by atoms with Crippen molar-refractivity contribution in [2.45, 2.75) is 25.9 Å². The molecule has 0 spiro atoms. The average molecular weight is 250 g/mol. The molecule has 0 aromatic heterocycles. The summed E-state index contributed by atoms with van der Waals surface area (Å²) in [5, 5.41) is 0. The molecule has 0 radical (unpaired) electrons. The number of benzene rings is 1. The lowest BCUT2D eigenvalue weighted by Crippen LogP contribution is -1.89. The van der Waals surface area contributed by atoms with Crippen molar-refractivity contribution in [3.8, 4) is 0 Å². The minimum atomic E-state index is -1.73. The molecular formula is C11H16Cl2P+. The molecule has 1 aromatic carbocycles. The fourth-order valence-corrected chi connectivity index (χ4v) is 3.01. The van der Waals surface area contributed by atoms with Crippen LogP contribution < -0.4 is 0 Å². The van der Waals surface area contributed by atoms with Gasteiger partial charge in [0, 0.05) is 0 Å².